The van der Waals surface area contributed by atoms with Crippen LogP contribution in [0.15, 0.2) is 72.8 Å². The molecule has 4 aromatic rings. The minimum absolute atomic E-state index is 0.847. The van der Waals surface area contributed by atoms with Gasteiger partial charge in [-0.1, -0.05) is 42.5 Å². The second-order valence-corrected chi connectivity index (χ2v) is 6.62. The van der Waals surface area contributed by atoms with Gasteiger partial charge in [-0.3, -0.25) is 0 Å². The molecule has 0 amide bonds. The van der Waals surface area contributed by atoms with Crippen molar-refractivity contribution in [3.05, 3.63) is 76.4 Å². The second-order valence-electron chi connectivity index (χ2n) is 5.46. The Morgan fingerprint density at radius 2 is 1.67 bits per heavy atom. The van der Waals surface area contributed by atoms with Crippen LogP contribution in [0.5, 0.6) is 5.75 Å². The van der Waals surface area contributed by atoms with Gasteiger partial charge in [0.25, 0.3) is 0 Å². The lowest BCUT2D eigenvalue weighted by Gasteiger charge is -2.11. The second kappa shape index (κ2) is 6.28. The highest BCUT2D eigenvalue weighted by atomic mass is 127. The van der Waals surface area contributed by atoms with Crippen molar-refractivity contribution >= 4 is 28.1 Å². The topological polar surface area (TPSA) is 26.5 Å². The number of hydrogen-bond acceptors (Lipinski definition) is 2. The summed E-state index contributed by atoms with van der Waals surface area (Å²) in [5.41, 5.74) is 5.23. The first-order valence-electron chi connectivity index (χ1n) is 7.65. The molecule has 4 heteroatoms. The highest BCUT2D eigenvalue weighted by Gasteiger charge is 2.15. The fraction of sp³-hybridized carbons (Fsp3) is 0.0500. The van der Waals surface area contributed by atoms with Crippen molar-refractivity contribution in [2.75, 3.05) is 7.11 Å². The average Bonchev–Trinajstić information content (AvgIpc) is 3.07. The third-order valence-electron chi connectivity index (χ3n) is 4.01. The van der Waals surface area contributed by atoms with Gasteiger partial charge in [-0.2, -0.15) is 5.10 Å². The summed E-state index contributed by atoms with van der Waals surface area (Å²) in [4.78, 5) is 0. The summed E-state index contributed by atoms with van der Waals surface area (Å²) >= 11 is 2.35. The van der Waals surface area contributed by atoms with Crippen molar-refractivity contribution < 1.29 is 4.74 Å². The number of ether oxygens (including phenoxy) is 1. The van der Waals surface area contributed by atoms with Gasteiger partial charge in [0.05, 0.1) is 24.0 Å². The van der Waals surface area contributed by atoms with Crippen molar-refractivity contribution in [2.45, 2.75) is 0 Å². The zero-order valence-electron chi connectivity index (χ0n) is 13.1. The zero-order chi connectivity index (χ0) is 16.5. The van der Waals surface area contributed by atoms with Crippen molar-refractivity contribution in [1.29, 1.82) is 0 Å². The van der Waals surface area contributed by atoms with Gasteiger partial charge in [0, 0.05) is 14.7 Å². The number of fused-ring (bicyclic) bond motifs is 1. The van der Waals surface area contributed by atoms with Crippen LogP contribution in [0.1, 0.15) is 0 Å². The molecular weight excluding hydrogens is 411 g/mol. The van der Waals surface area contributed by atoms with Gasteiger partial charge in [0.1, 0.15) is 5.75 Å². The first kappa shape index (κ1) is 15.2. The lowest BCUT2D eigenvalue weighted by Crippen LogP contribution is -1.99. The summed E-state index contributed by atoms with van der Waals surface area (Å²) in [7, 11) is 1.70. The molecule has 3 nitrogen and oxygen atoms in total. The van der Waals surface area contributed by atoms with Gasteiger partial charge < -0.3 is 4.74 Å². The number of nitrogens with zero attached hydrogens (tertiary/aromatic N) is 2. The number of hydrogen-bond donors (Lipinski definition) is 0. The normalized spacial score (nSPS) is 10.9. The van der Waals surface area contributed by atoms with E-state index in [0.29, 0.717) is 0 Å². The highest BCUT2D eigenvalue weighted by molar-refractivity contribution is 14.1. The molecule has 2 heterocycles. The van der Waals surface area contributed by atoms with Gasteiger partial charge >= 0.3 is 0 Å². The largest absolute Gasteiger partial charge is 0.496 e. The Hall–Kier alpha value is -2.34. The first-order valence-corrected chi connectivity index (χ1v) is 8.73. The number of methoxy groups -OCH3 is 1. The predicted molar refractivity (Wildman–Crippen MR) is 105 cm³/mol. The predicted octanol–water partition coefficient (Wildman–Crippen LogP) is 5.28. The third-order valence-corrected chi connectivity index (χ3v) is 4.88. The van der Waals surface area contributed by atoms with E-state index in [1.807, 2.05) is 40.9 Å². The number of halogens is 1. The van der Waals surface area contributed by atoms with Gasteiger partial charge in [-0.25, -0.2) is 4.52 Å². The SMILES string of the molecule is COc1ccccc1-c1c(I)ccc2cc(-c3ccccc3)nn12. The number of rotatable bonds is 3. The molecule has 0 aliphatic rings. The van der Waals surface area contributed by atoms with E-state index in [1.165, 1.54) is 0 Å². The molecule has 4 rings (SSSR count). The fourth-order valence-electron chi connectivity index (χ4n) is 2.87. The van der Waals surface area contributed by atoms with E-state index in [4.69, 9.17) is 9.84 Å². The summed E-state index contributed by atoms with van der Waals surface area (Å²) in [5, 5.41) is 4.85. The molecule has 0 atom stereocenters. The molecule has 2 aromatic carbocycles. The van der Waals surface area contributed by atoms with Crippen LogP contribution >= 0.6 is 22.6 Å². The van der Waals surface area contributed by atoms with E-state index in [-0.39, 0.29) is 0 Å². The molecule has 0 radical (unpaired) electrons. The number of aromatic nitrogens is 2. The molecule has 0 saturated heterocycles. The van der Waals surface area contributed by atoms with E-state index in [1.54, 1.807) is 7.11 Å². The monoisotopic (exact) mass is 426 g/mol. The Balaban J connectivity index is 1.99. The molecule has 2 aromatic heterocycles. The molecular formula is C20H15IN2O. The van der Waals surface area contributed by atoms with E-state index in [2.05, 4.69) is 59.0 Å². The lowest BCUT2D eigenvalue weighted by atomic mass is 10.1. The quantitative estimate of drug-likeness (QED) is 0.417. The molecule has 0 aliphatic heterocycles. The maximum Gasteiger partial charge on any atom is 0.128 e. The minimum atomic E-state index is 0.847. The minimum Gasteiger partial charge on any atom is -0.496 e. The van der Waals surface area contributed by atoms with E-state index in [9.17, 15) is 0 Å². The Labute approximate surface area is 154 Å². The Kier molecular flexibility index (Phi) is 3.98. The van der Waals surface area contributed by atoms with Crippen molar-refractivity contribution in [3.63, 3.8) is 0 Å². The van der Waals surface area contributed by atoms with Gasteiger partial charge in [-0.05, 0) is 52.9 Å². The van der Waals surface area contributed by atoms with Crippen LogP contribution < -0.4 is 4.74 Å². The van der Waals surface area contributed by atoms with Crippen LogP contribution in [0.25, 0.3) is 28.0 Å². The van der Waals surface area contributed by atoms with Crippen molar-refractivity contribution in [3.8, 4) is 28.3 Å². The molecule has 24 heavy (non-hydrogen) atoms. The number of benzene rings is 2. The molecule has 0 bridgehead atoms. The molecule has 0 fully saturated rings. The molecule has 0 saturated carbocycles. The standard InChI is InChI=1S/C20H15IN2O/c1-24-19-10-6-5-9-16(19)20-17(21)12-11-15-13-18(22-23(15)20)14-7-3-2-4-8-14/h2-13H,1H3. The van der Waals surface area contributed by atoms with Gasteiger partial charge in [-0.15, -0.1) is 0 Å². The molecule has 0 spiro atoms. The molecule has 0 unspecified atom stereocenters. The average molecular weight is 426 g/mol. The lowest BCUT2D eigenvalue weighted by molar-refractivity contribution is 0.416. The van der Waals surface area contributed by atoms with Gasteiger partial charge in [0.2, 0.25) is 0 Å². The van der Waals surface area contributed by atoms with E-state index >= 15 is 0 Å². The summed E-state index contributed by atoms with van der Waals surface area (Å²) in [5.74, 6) is 0.847. The highest BCUT2D eigenvalue weighted by Crippen LogP contribution is 2.34. The summed E-state index contributed by atoms with van der Waals surface area (Å²) < 4.78 is 8.68. The Bertz CT molecular complexity index is 1010. The van der Waals surface area contributed by atoms with Crippen LogP contribution in [0, 0.1) is 3.57 Å². The maximum atomic E-state index is 5.55. The Morgan fingerprint density at radius 3 is 2.46 bits per heavy atom. The number of pyridine rings is 1. The molecule has 0 aliphatic carbocycles. The summed E-state index contributed by atoms with van der Waals surface area (Å²) in [6, 6.07) is 24.6. The summed E-state index contributed by atoms with van der Waals surface area (Å²) in [6.45, 7) is 0. The summed E-state index contributed by atoms with van der Waals surface area (Å²) in [6.07, 6.45) is 0. The van der Waals surface area contributed by atoms with E-state index < -0.39 is 0 Å². The number of para-hydroxylation sites is 1. The smallest absolute Gasteiger partial charge is 0.128 e. The first-order chi connectivity index (χ1) is 11.8. The zero-order valence-corrected chi connectivity index (χ0v) is 15.3. The van der Waals surface area contributed by atoms with Crippen LogP contribution in [0.4, 0.5) is 0 Å². The van der Waals surface area contributed by atoms with Crippen LogP contribution in [0.3, 0.4) is 0 Å². The third kappa shape index (κ3) is 2.57. The fourth-order valence-corrected chi connectivity index (χ4v) is 3.56. The Morgan fingerprint density at radius 1 is 0.917 bits per heavy atom. The van der Waals surface area contributed by atoms with Crippen LogP contribution in [-0.2, 0) is 0 Å². The molecule has 0 N–H and O–H groups in total. The van der Waals surface area contributed by atoms with E-state index in [0.717, 1.165) is 37.4 Å². The van der Waals surface area contributed by atoms with Gasteiger partial charge in [0.15, 0.2) is 0 Å². The van der Waals surface area contributed by atoms with Crippen molar-refractivity contribution in [1.82, 2.24) is 9.61 Å². The molecule has 118 valence electrons. The van der Waals surface area contributed by atoms with Crippen LogP contribution in [0.2, 0.25) is 0 Å². The van der Waals surface area contributed by atoms with Crippen LogP contribution in [-0.4, -0.2) is 16.7 Å². The maximum absolute atomic E-state index is 5.55. The van der Waals surface area contributed by atoms with Crippen molar-refractivity contribution in [2.24, 2.45) is 0 Å².